The van der Waals surface area contributed by atoms with Gasteiger partial charge in [0.05, 0.1) is 6.42 Å². The summed E-state index contributed by atoms with van der Waals surface area (Å²) < 4.78 is 13.4. The number of unbranched alkanes of at least 4 members (excludes halogenated alkanes) is 1. The standard InChI is InChI=1S/C13H13ClFNO/c1-2-3-4-8-16-13(17)9-10-11(14)6-5-7-12(10)15/h1,5-7H,3-4,8-9H2,(H,16,17). The predicted octanol–water partition coefficient (Wildman–Crippen LogP) is 2.55. The second-order valence-corrected chi connectivity index (χ2v) is 3.94. The first-order valence-electron chi connectivity index (χ1n) is 5.28. The first kappa shape index (κ1) is 13.5. The molecule has 1 amide bonds. The number of carbonyl (C=O) groups excluding carboxylic acids is 1. The number of benzene rings is 1. The van der Waals surface area contributed by atoms with Crippen LogP contribution in [0.15, 0.2) is 18.2 Å². The van der Waals surface area contributed by atoms with Gasteiger partial charge in [0.25, 0.3) is 0 Å². The molecule has 0 fully saturated rings. The van der Waals surface area contributed by atoms with Gasteiger partial charge in [0.15, 0.2) is 0 Å². The summed E-state index contributed by atoms with van der Waals surface area (Å²) >= 11 is 5.81. The maximum Gasteiger partial charge on any atom is 0.224 e. The van der Waals surface area contributed by atoms with Crippen LogP contribution in [0.2, 0.25) is 5.02 Å². The zero-order valence-corrected chi connectivity index (χ0v) is 10.1. The third-order valence-corrected chi connectivity index (χ3v) is 2.57. The molecule has 0 radical (unpaired) electrons. The zero-order chi connectivity index (χ0) is 12.7. The van der Waals surface area contributed by atoms with Crippen molar-refractivity contribution in [3.05, 3.63) is 34.6 Å². The van der Waals surface area contributed by atoms with Crippen molar-refractivity contribution in [1.29, 1.82) is 0 Å². The van der Waals surface area contributed by atoms with E-state index >= 15 is 0 Å². The van der Waals surface area contributed by atoms with Gasteiger partial charge in [-0.25, -0.2) is 4.39 Å². The highest BCUT2D eigenvalue weighted by molar-refractivity contribution is 6.31. The van der Waals surface area contributed by atoms with Crippen molar-refractivity contribution in [2.24, 2.45) is 0 Å². The Morgan fingerprint density at radius 1 is 1.53 bits per heavy atom. The van der Waals surface area contributed by atoms with E-state index in [1.165, 1.54) is 12.1 Å². The second-order valence-electron chi connectivity index (χ2n) is 3.53. The molecule has 1 rings (SSSR count). The zero-order valence-electron chi connectivity index (χ0n) is 9.30. The van der Waals surface area contributed by atoms with E-state index in [1.54, 1.807) is 6.07 Å². The van der Waals surface area contributed by atoms with Crippen LogP contribution in [0.5, 0.6) is 0 Å². The third-order valence-electron chi connectivity index (χ3n) is 2.22. The van der Waals surface area contributed by atoms with Crippen LogP contribution in [0.1, 0.15) is 18.4 Å². The second kappa shape index (κ2) is 6.93. The highest BCUT2D eigenvalue weighted by Gasteiger charge is 2.11. The normalized spacial score (nSPS) is 9.71. The van der Waals surface area contributed by atoms with Gasteiger partial charge in [0, 0.05) is 23.6 Å². The van der Waals surface area contributed by atoms with Crippen molar-refractivity contribution in [2.75, 3.05) is 6.54 Å². The van der Waals surface area contributed by atoms with E-state index in [2.05, 4.69) is 11.2 Å². The summed E-state index contributed by atoms with van der Waals surface area (Å²) in [4.78, 5) is 11.5. The van der Waals surface area contributed by atoms with Crippen molar-refractivity contribution in [3.8, 4) is 12.3 Å². The topological polar surface area (TPSA) is 29.1 Å². The summed E-state index contributed by atoms with van der Waals surface area (Å²) in [5.74, 6) is 1.76. The summed E-state index contributed by atoms with van der Waals surface area (Å²) in [5, 5.41) is 2.93. The lowest BCUT2D eigenvalue weighted by Crippen LogP contribution is -2.26. The molecule has 0 saturated heterocycles. The third kappa shape index (κ3) is 4.46. The molecule has 0 spiro atoms. The molecule has 4 heteroatoms. The largest absolute Gasteiger partial charge is 0.356 e. The molecule has 0 bridgehead atoms. The van der Waals surface area contributed by atoms with Gasteiger partial charge in [-0.1, -0.05) is 17.7 Å². The molecule has 1 aromatic rings. The highest BCUT2D eigenvalue weighted by Crippen LogP contribution is 2.19. The molecule has 0 atom stereocenters. The fraction of sp³-hybridized carbons (Fsp3) is 0.308. The van der Waals surface area contributed by atoms with E-state index < -0.39 is 5.82 Å². The molecule has 0 aliphatic carbocycles. The molecular formula is C13H13ClFNO. The molecule has 90 valence electrons. The summed E-state index contributed by atoms with van der Waals surface area (Å²) in [5.41, 5.74) is 0.226. The molecule has 0 unspecified atom stereocenters. The molecular weight excluding hydrogens is 241 g/mol. The fourth-order valence-corrected chi connectivity index (χ4v) is 1.57. The minimum Gasteiger partial charge on any atom is -0.356 e. The Morgan fingerprint density at radius 3 is 2.94 bits per heavy atom. The minimum absolute atomic E-state index is 0.0540. The number of terminal acetylenes is 1. The van der Waals surface area contributed by atoms with Crippen LogP contribution in [0, 0.1) is 18.2 Å². The summed E-state index contributed by atoms with van der Waals surface area (Å²) in [6.07, 6.45) is 6.35. The SMILES string of the molecule is C#CCCCNC(=O)Cc1c(F)cccc1Cl. The monoisotopic (exact) mass is 253 g/mol. The quantitative estimate of drug-likeness (QED) is 0.634. The molecule has 17 heavy (non-hydrogen) atoms. The fourth-order valence-electron chi connectivity index (χ4n) is 1.34. The number of carbonyl (C=O) groups is 1. The molecule has 2 nitrogen and oxygen atoms in total. The lowest BCUT2D eigenvalue weighted by molar-refractivity contribution is -0.120. The lowest BCUT2D eigenvalue weighted by Gasteiger charge is -2.06. The molecule has 0 aliphatic heterocycles. The van der Waals surface area contributed by atoms with Crippen LogP contribution in [0.3, 0.4) is 0 Å². The first-order chi connectivity index (χ1) is 8.15. The molecule has 0 aliphatic rings. The molecule has 1 aromatic carbocycles. The Balaban J connectivity index is 2.48. The van der Waals surface area contributed by atoms with Crippen LogP contribution in [0.4, 0.5) is 4.39 Å². The van der Waals surface area contributed by atoms with Gasteiger partial charge in [-0.05, 0) is 18.6 Å². The van der Waals surface area contributed by atoms with E-state index in [9.17, 15) is 9.18 Å². The van der Waals surface area contributed by atoms with Crippen LogP contribution >= 0.6 is 11.6 Å². The average molecular weight is 254 g/mol. The van der Waals surface area contributed by atoms with Crippen molar-refractivity contribution < 1.29 is 9.18 Å². The Kier molecular flexibility index (Phi) is 5.51. The summed E-state index contributed by atoms with van der Waals surface area (Å²) in [7, 11) is 0. The van der Waals surface area contributed by atoms with E-state index in [-0.39, 0.29) is 22.9 Å². The molecule has 1 N–H and O–H groups in total. The number of hydrogen-bond acceptors (Lipinski definition) is 1. The van der Waals surface area contributed by atoms with E-state index in [4.69, 9.17) is 18.0 Å². The van der Waals surface area contributed by atoms with Gasteiger partial charge in [-0.2, -0.15) is 0 Å². The maximum absolute atomic E-state index is 13.4. The van der Waals surface area contributed by atoms with Crippen LogP contribution < -0.4 is 5.32 Å². The van der Waals surface area contributed by atoms with Crippen LogP contribution in [0.25, 0.3) is 0 Å². The Labute approximate surface area is 105 Å². The first-order valence-corrected chi connectivity index (χ1v) is 5.66. The highest BCUT2D eigenvalue weighted by atomic mass is 35.5. The van der Waals surface area contributed by atoms with Gasteiger partial charge in [0.2, 0.25) is 5.91 Å². The van der Waals surface area contributed by atoms with Crippen molar-refractivity contribution >= 4 is 17.5 Å². The predicted molar refractivity (Wildman–Crippen MR) is 66.2 cm³/mol. The molecule has 0 aromatic heterocycles. The number of rotatable bonds is 5. The number of nitrogens with one attached hydrogen (secondary N) is 1. The van der Waals surface area contributed by atoms with Crippen molar-refractivity contribution in [3.63, 3.8) is 0 Å². The van der Waals surface area contributed by atoms with Crippen molar-refractivity contribution in [1.82, 2.24) is 5.32 Å². The lowest BCUT2D eigenvalue weighted by atomic mass is 10.1. The summed E-state index contributed by atoms with van der Waals surface area (Å²) in [6.45, 7) is 0.495. The Hall–Kier alpha value is -1.53. The smallest absolute Gasteiger partial charge is 0.224 e. The van der Waals surface area contributed by atoms with Gasteiger partial charge >= 0.3 is 0 Å². The van der Waals surface area contributed by atoms with Gasteiger partial charge in [-0.3, -0.25) is 4.79 Å². The number of halogens is 2. The Bertz CT molecular complexity index is 419. The number of amides is 1. The Morgan fingerprint density at radius 2 is 2.29 bits per heavy atom. The minimum atomic E-state index is -0.462. The van der Waals surface area contributed by atoms with Crippen LogP contribution in [-0.2, 0) is 11.2 Å². The van der Waals surface area contributed by atoms with Crippen LogP contribution in [-0.4, -0.2) is 12.5 Å². The van der Waals surface area contributed by atoms with E-state index in [0.717, 1.165) is 0 Å². The van der Waals surface area contributed by atoms with Gasteiger partial charge in [0.1, 0.15) is 5.82 Å². The average Bonchev–Trinajstić information content (AvgIpc) is 2.30. The number of hydrogen-bond donors (Lipinski definition) is 1. The molecule has 0 heterocycles. The van der Waals surface area contributed by atoms with Gasteiger partial charge in [-0.15, -0.1) is 12.3 Å². The molecule has 0 saturated carbocycles. The maximum atomic E-state index is 13.4. The van der Waals surface area contributed by atoms with Gasteiger partial charge < -0.3 is 5.32 Å². The summed E-state index contributed by atoms with van der Waals surface area (Å²) in [6, 6.07) is 4.35. The van der Waals surface area contributed by atoms with E-state index in [1.807, 2.05) is 0 Å². The van der Waals surface area contributed by atoms with E-state index in [0.29, 0.717) is 19.4 Å². The van der Waals surface area contributed by atoms with Crippen molar-refractivity contribution in [2.45, 2.75) is 19.3 Å².